The van der Waals surface area contributed by atoms with Crippen molar-refractivity contribution < 1.29 is 0 Å². The molecule has 172 valence electrons. The van der Waals surface area contributed by atoms with Gasteiger partial charge in [0, 0.05) is 29.3 Å². The Morgan fingerprint density at radius 3 is 2.94 bits per heavy atom. The van der Waals surface area contributed by atoms with Crippen LogP contribution in [-0.4, -0.2) is 30.8 Å². The number of fused-ring (bicyclic) bond motifs is 2. The number of aromatic amines is 1. The van der Waals surface area contributed by atoms with Crippen LogP contribution in [0.3, 0.4) is 0 Å². The molecule has 0 amide bonds. The predicted molar refractivity (Wildman–Crippen MR) is 140 cm³/mol. The van der Waals surface area contributed by atoms with Crippen molar-refractivity contribution in [3.63, 3.8) is 0 Å². The second-order valence-electron chi connectivity index (χ2n) is 8.83. The minimum atomic E-state index is -0.00952. The molecule has 0 radical (unpaired) electrons. The van der Waals surface area contributed by atoms with E-state index in [4.69, 9.17) is 11.6 Å². The van der Waals surface area contributed by atoms with Gasteiger partial charge in [-0.25, -0.2) is 4.99 Å². The van der Waals surface area contributed by atoms with E-state index in [1.54, 1.807) is 0 Å². The second-order valence-corrected chi connectivity index (χ2v) is 9.23. The smallest absolute Gasteiger partial charge is 0.0948 e. The van der Waals surface area contributed by atoms with E-state index < -0.39 is 0 Å². The number of allylic oxidation sites excluding steroid dienone is 1. The zero-order valence-corrected chi connectivity index (χ0v) is 19.9. The van der Waals surface area contributed by atoms with Crippen molar-refractivity contribution >= 4 is 34.1 Å². The van der Waals surface area contributed by atoms with E-state index in [1.807, 2.05) is 59.7 Å². The maximum atomic E-state index is 6.74. The number of halogens is 1. The molecule has 0 saturated heterocycles. The first-order chi connectivity index (χ1) is 17.2. The minimum absolute atomic E-state index is 0.00952. The van der Waals surface area contributed by atoms with E-state index in [1.165, 1.54) is 5.56 Å². The number of pyridine rings is 1. The van der Waals surface area contributed by atoms with E-state index in [0.717, 1.165) is 51.9 Å². The Labute approximate surface area is 208 Å². The van der Waals surface area contributed by atoms with Crippen molar-refractivity contribution in [1.29, 1.82) is 0 Å². The molecule has 0 spiro atoms. The highest BCUT2D eigenvalue weighted by Gasteiger charge is 2.19. The molecule has 0 bridgehead atoms. The highest BCUT2D eigenvalue weighted by Crippen LogP contribution is 2.38. The summed E-state index contributed by atoms with van der Waals surface area (Å²) < 4.78 is 1.99. The highest BCUT2D eigenvalue weighted by atomic mass is 35.5. The van der Waals surface area contributed by atoms with Gasteiger partial charge in [0.2, 0.25) is 0 Å². The molecular formula is C28H23ClN6. The topological polar surface area (TPSA) is 71.8 Å². The second kappa shape index (κ2) is 8.99. The van der Waals surface area contributed by atoms with Crippen molar-refractivity contribution in [3.05, 3.63) is 101 Å². The largest absolute Gasteiger partial charge is 0.278 e. The summed E-state index contributed by atoms with van der Waals surface area (Å²) in [6.45, 7) is 2.10. The van der Waals surface area contributed by atoms with Crippen LogP contribution in [0.15, 0.2) is 84.3 Å². The summed E-state index contributed by atoms with van der Waals surface area (Å²) in [6, 6.07) is 18.5. The fourth-order valence-electron chi connectivity index (χ4n) is 4.75. The van der Waals surface area contributed by atoms with E-state index in [-0.39, 0.29) is 12.0 Å². The van der Waals surface area contributed by atoms with Crippen LogP contribution in [0.2, 0.25) is 5.02 Å². The molecule has 0 fully saturated rings. The first kappa shape index (κ1) is 21.5. The van der Waals surface area contributed by atoms with Crippen molar-refractivity contribution in [2.75, 3.05) is 0 Å². The third-order valence-corrected chi connectivity index (χ3v) is 6.95. The SMILES string of the molecule is CC(c1ccccn1)n1nccc1-c1cc(Cl)c2c(c1)CCC(c1ccc3cn[nH]c3c1)C=C=N2. The Kier molecular flexibility index (Phi) is 5.53. The van der Waals surface area contributed by atoms with Gasteiger partial charge < -0.3 is 0 Å². The molecule has 5 aromatic rings. The van der Waals surface area contributed by atoms with Gasteiger partial charge in [0.1, 0.15) is 0 Å². The Balaban J connectivity index is 1.34. The van der Waals surface area contributed by atoms with E-state index in [0.29, 0.717) is 5.02 Å². The first-order valence-electron chi connectivity index (χ1n) is 11.7. The predicted octanol–water partition coefficient (Wildman–Crippen LogP) is 6.67. The number of hydrogen-bond acceptors (Lipinski definition) is 4. The van der Waals surface area contributed by atoms with Crippen LogP contribution in [0.4, 0.5) is 5.69 Å². The van der Waals surface area contributed by atoms with Gasteiger partial charge in [0.25, 0.3) is 0 Å². The molecular weight excluding hydrogens is 456 g/mol. The first-order valence-corrected chi connectivity index (χ1v) is 12.0. The number of nitrogens with one attached hydrogen (secondary N) is 1. The molecule has 0 saturated carbocycles. The van der Waals surface area contributed by atoms with Crippen LogP contribution in [0.5, 0.6) is 0 Å². The van der Waals surface area contributed by atoms with Gasteiger partial charge >= 0.3 is 0 Å². The molecule has 4 heterocycles. The zero-order valence-electron chi connectivity index (χ0n) is 19.2. The molecule has 3 aromatic heterocycles. The molecule has 35 heavy (non-hydrogen) atoms. The number of rotatable bonds is 4. The van der Waals surface area contributed by atoms with Gasteiger partial charge in [-0.3, -0.25) is 14.8 Å². The Hall–Kier alpha value is -3.99. The van der Waals surface area contributed by atoms with Gasteiger partial charge in [-0.05, 0) is 79.2 Å². The van der Waals surface area contributed by atoms with Crippen molar-refractivity contribution in [2.45, 2.75) is 31.7 Å². The fraction of sp³-hybridized carbons (Fsp3) is 0.179. The van der Waals surface area contributed by atoms with Crippen LogP contribution in [0.25, 0.3) is 22.2 Å². The van der Waals surface area contributed by atoms with Gasteiger partial charge in [0.05, 0.1) is 39.9 Å². The van der Waals surface area contributed by atoms with Crippen molar-refractivity contribution in [1.82, 2.24) is 25.0 Å². The summed E-state index contributed by atoms with van der Waals surface area (Å²) in [5.41, 5.74) is 7.13. The summed E-state index contributed by atoms with van der Waals surface area (Å²) >= 11 is 6.74. The molecule has 7 heteroatoms. The standard InChI is InChI=1S/C28H23ClN6/c1-18(25-4-2-3-11-30-25)35-27(10-13-33-35)23-14-21-7-5-19(9-12-31-28(21)24(29)15-23)20-6-8-22-17-32-34-26(22)16-20/h2-4,6,8-11,13-19H,5,7H2,1H3,(H,32,34). The number of aryl methyl sites for hydroxylation is 1. The summed E-state index contributed by atoms with van der Waals surface area (Å²) in [5, 5.41) is 13.5. The third kappa shape index (κ3) is 4.08. The molecule has 1 aliphatic heterocycles. The van der Waals surface area contributed by atoms with Crippen LogP contribution in [0, 0.1) is 0 Å². The van der Waals surface area contributed by atoms with Crippen LogP contribution >= 0.6 is 11.6 Å². The average molecular weight is 479 g/mol. The number of hydrogen-bond donors (Lipinski definition) is 1. The summed E-state index contributed by atoms with van der Waals surface area (Å²) in [6.07, 6.45) is 9.28. The quantitative estimate of drug-likeness (QED) is 0.313. The fourth-order valence-corrected chi connectivity index (χ4v) is 5.03. The molecule has 2 unspecified atom stereocenters. The highest BCUT2D eigenvalue weighted by molar-refractivity contribution is 6.33. The zero-order chi connectivity index (χ0) is 23.8. The van der Waals surface area contributed by atoms with E-state index in [9.17, 15) is 0 Å². The molecule has 2 aromatic carbocycles. The number of nitrogens with zero attached hydrogens (tertiary/aromatic N) is 5. The Morgan fingerprint density at radius 2 is 2.06 bits per heavy atom. The lowest BCUT2D eigenvalue weighted by Crippen LogP contribution is -2.11. The lowest BCUT2D eigenvalue weighted by Gasteiger charge is -2.18. The summed E-state index contributed by atoms with van der Waals surface area (Å²) in [4.78, 5) is 9.12. The molecule has 1 aliphatic rings. The number of aliphatic imine (C=N–C) groups is 1. The lowest BCUT2D eigenvalue weighted by atomic mass is 9.90. The van der Waals surface area contributed by atoms with Crippen molar-refractivity contribution in [3.8, 4) is 11.3 Å². The van der Waals surface area contributed by atoms with Crippen LogP contribution < -0.4 is 0 Å². The van der Waals surface area contributed by atoms with Crippen molar-refractivity contribution in [2.24, 2.45) is 4.99 Å². The van der Waals surface area contributed by atoms with Gasteiger partial charge in [0.15, 0.2) is 0 Å². The third-order valence-electron chi connectivity index (χ3n) is 6.66. The van der Waals surface area contributed by atoms with E-state index >= 15 is 0 Å². The number of H-pyrrole nitrogens is 1. The van der Waals surface area contributed by atoms with Crippen LogP contribution in [0.1, 0.15) is 42.1 Å². The van der Waals surface area contributed by atoms with Crippen LogP contribution in [-0.2, 0) is 6.42 Å². The normalized spacial score (nSPS) is 16.1. The summed E-state index contributed by atoms with van der Waals surface area (Å²) in [7, 11) is 0. The number of benzene rings is 2. The average Bonchev–Trinajstić information content (AvgIpc) is 3.54. The Morgan fingerprint density at radius 1 is 1.11 bits per heavy atom. The molecule has 6 nitrogen and oxygen atoms in total. The maximum absolute atomic E-state index is 6.74. The molecule has 1 N–H and O–H groups in total. The summed E-state index contributed by atoms with van der Waals surface area (Å²) in [5.74, 6) is 3.35. The van der Waals surface area contributed by atoms with Gasteiger partial charge in [-0.2, -0.15) is 10.2 Å². The number of aromatic nitrogens is 5. The Bertz CT molecular complexity index is 1580. The van der Waals surface area contributed by atoms with E-state index in [2.05, 4.69) is 62.3 Å². The molecule has 0 aliphatic carbocycles. The monoisotopic (exact) mass is 478 g/mol. The van der Waals surface area contributed by atoms with Gasteiger partial charge in [-0.1, -0.05) is 29.8 Å². The van der Waals surface area contributed by atoms with Gasteiger partial charge in [-0.15, -0.1) is 0 Å². The molecule has 2 atom stereocenters. The molecule has 6 rings (SSSR count). The minimum Gasteiger partial charge on any atom is -0.278 e. The maximum Gasteiger partial charge on any atom is 0.0948 e. The lowest BCUT2D eigenvalue weighted by molar-refractivity contribution is 0.557.